The highest BCUT2D eigenvalue weighted by atomic mass is 15.3. The topological polar surface area (TPSA) is 54.2 Å². The quantitative estimate of drug-likeness (QED) is 0.461. The zero-order valence-electron chi connectivity index (χ0n) is 15.3. The van der Waals surface area contributed by atoms with Crippen LogP contribution in [0.15, 0.2) is 11.1 Å². The van der Waals surface area contributed by atoms with E-state index in [1.54, 1.807) is 0 Å². The first-order valence-corrected chi connectivity index (χ1v) is 9.06. The largest absolute Gasteiger partial charge is 0.357 e. The van der Waals surface area contributed by atoms with E-state index in [-0.39, 0.29) is 0 Å². The molecule has 1 aliphatic rings. The van der Waals surface area contributed by atoms with Gasteiger partial charge in [-0.15, -0.1) is 0 Å². The second-order valence-electron chi connectivity index (χ2n) is 7.14. The van der Waals surface area contributed by atoms with Gasteiger partial charge in [-0.25, -0.2) is 0 Å². The lowest BCUT2D eigenvalue weighted by Gasteiger charge is -2.21. The predicted molar refractivity (Wildman–Crippen MR) is 96.9 cm³/mol. The molecule has 0 saturated heterocycles. The Bertz CT molecular complexity index is 511. The van der Waals surface area contributed by atoms with Gasteiger partial charge in [0.2, 0.25) is 0 Å². The zero-order chi connectivity index (χ0) is 16.7. The molecule has 1 saturated carbocycles. The summed E-state index contributed by atoms with van der Waals surface area (Å²) < 4.78 is 2.08. The highest BCUT2D eigenvalue weighted by Crippen LogP contribution is 2.37. The zero-order valence-corrected chi connectivity index (χ0v) is 15.3. The molecule has 130 valence electrons. The molecule has 0 radical (unpaired) electrons. The summed E-state index contributed by atoms with van der Waals surface area (Å²) in [5.74, 6) is 0.953. The van der Waals surface area contributed by atoms with E-state index in [1.807, 2.05) is 6.92 Å². The van der Waals surface area contributed by atoms with Gasteiger partial charge in [-0.1, -0.05) is 19.8 Å². The number of aliphatic imine (C=N–C) groups is 1. The fourth-order valence-electron chi connectivity index (χ4n) is 3.34. The van der Waals surface area contributed by atoms with E-state index in [0.29, 0.717) is 5.41 Å². The molecule has 1 heterocycles. The second-order valence-corrected chi connectivity index (χ2v) is 7.14. The van der Waals surface area contributed by atoms with E-state index in [9.17, 15) is 0 Å². The van der Waals surface area contributed by atoms with Crippen molar-refractivity contribution in [2.45, 2.75) is 66.3 Å². The van der Waals surface area contributed by atoms with Gasteiger partial charge in [0.15, 0.2) is 5.96 Å². The molecule has 5 heteroatoms. The van der Waals surface area contributed by atoms with Crippen molar-refractivity contribution in [3.05, 3.63) is 17.5 Å². The van der Waals surface area contributed by atoms with Crippen molar-refractivity contribution in [1.29, 1.82) is 0 Å². The van der Waals surface area contributed by atoms with Gasteiger partial charge in [-0.2, -0.15) is 5.10 Å². The number of hydrogen-bond acceptors (Lipinski definition) is 2. The minimum Gasteiger partial charge on any atom is -0.357 e. The molecule has 2 rings (SSSR count). The average molecular weight is 319 g/mol. The SMILES string of the molecule is CCNC(=NCC1(C)CCCC1)NCCCn1nc(C)cc1C. The van der Waals surface area contributed by atoms with Crippen molar-refractivity contribution >= 4 is 5.96 Å². The summed E-state index contributed by atoms with van der Waals surface area (Å²) in [6, 6.07) is 2.13. The summed E-state index contributed by atoms with van der Waals surface area (Å²) in [7, 11) is 0. The first-order chi connectivity index (χ1) is 11.0. The molecule has 1 aliphatic carbocycles. The number of aryl methyl sites for hydroxylation is 3. The van der Waals surface area contributed by atoms with Crippen LogP contribution in [0.25, 0.3) is 0 Å². The maximum absolute atomic E-state index is 4.81. The van der Waals surface area contributed by atoms with E-state index < -0.39 is 0 Å². The second kappa shape index (κ2) is 8.37. The molecule has 0 bridgehead atoms. The maximum atomic E-state index is 4.81. The van der Waals surface area contributed by atoms with Crippen LogP contribution in [0.3, 0.4) is 0 Å². The Balaban J connectivity index is 1.76. The van der Waals surface area contributed by atoms with Crippen LogP contribution in [0.4, 0.5) is 0 Å². The third-order valence-corrected chi connectivity index (χ3v) is 4.72. The average Bonchev–Trinajstić information content (AvgIpc) is 3.07. The van der Waals surface area contributed by atoms with E-state index >= 15 is 0 Å². The van der Waals surface area contributed by atoms with Gasteiger partial charge in [-0.05, 0) is 51.5 Å². The summed E-state index contributed by atoms with van der Waals surface area (Å²) in [6.45, 7) is 12.3. The third-order valence-electron chi connectivity index (χ3n) is 4.72. The number of nitrogens with one attached hydrogen (secondary N) is 2. The fourth-order valence-corrected chi connectivity index (χ4v) is 3.34. The summed E-state index contributed by atoms with van der Waals surface area (Å²) in [4.78, 5) is 4.81. The number of hydrogen-bond donors (Lipinski definition) is 2. The van der Waals surface area contributed by atoms with Crippen LogP contribution in [-0.4, -0.2) is 35.4 Å². The van der Waals surface area contributed by atoms with Crippen molar-refractivity contribution in [3.8, 4) is 0 Å². The van der Waals surface area contributed by atoms with Crippen LogP contribution in [0, 0.1) is 19.3 Å². The van der Waals surface area contributed by atoms with Crippen molar-refractivity contribution in [2.75, 3.05) is 19.6 Å². The van der Waals surface area contributed by atoms with Gasteiger partial charge < -0.3 is 10.6 Å². The molecule has 1 fully saturated rings. The molecule has 0 spiro atoms. The fraction of sp³-hybridized carbons (Fsp3) is 0.778. The Labute approximate surface area is 141 Å². The summed E-state index contributed by atoms with van der Waals surface area (Å²) in [5, 5.41) is 11.3. The molecule has 0 aromatic carbocycles. The Morgan fingerprint density at radius 2 is 2.04 bits per heavy atom. The molecule has 2 N–H and O–H groups in total. The molecule has 0 atom stereocenters. The van der Waals surface area contributed by atoms with Crippen molar-refractivity contribution in [2.24, 2.45) is 10.4 Å². The molecule has 1 aromatic rings. The number of rotatable bonds is 7. The lowest BCUT2D eigenvalue weighted by Crippen LogP contribution is -2.38. The number of nitrogens with zero attached hydrogens (tertiary/aromatic N) is 3. The Hall–Kier alpha value is -1.52. The van der Waals surface area contributed by atoms with Gasteiger partial charge >= 0.3 is 0 Å². The maximum Gasteiger partial charge on any atom is 0.191 e. The number of guanidine groups is 1. The molecule has 0 unspecified atom stereocenters. The Morgan fingerprint density at radius 3 is 2.65 bits per heavy atom. The van der Waals surface area contributed by atoms with Gasteiger partial charge in [0.05, 0.1) is 5.69 Å². The Morgan fingerprint density at radius 1 is 1.30 bits per heavy atom. The van der Waals surface area contributed by atoms with Crippen LogP contribution < -0.4 is 10.6 Å². The van der Waals surface area contributed by atoms with Crippen LogP contribution in [-0.2, 0) is 6.54 Å². The smallest absolute Gasteiger partial charge is 0.191 e. The number of aromatic nitrogens is 2. The standard InChI is InChI=1S/C18H33N5/c1-5-19-17(21-14-18(4)9-6-7-10-18)20-11-8-12-23-16(3)13-15(2)22-23/h13H,5-12,14H2,1-4H3,(H2,19,20,21). The molecule has 23 heavy (non-hydrogen) atoms. The molecular formula is C18H33N5. The molecular weight excluding hydrogens is 286 g/mol. The first-order valence-electron chi connectivity index (χ1n) is 9.06. The molecule has 1 aromatic heterocycles. The highest BCUT2D eigenvalue weighted by molar-refractivity contribution is 5.79. The van der Waals surface area contributed by atoms with Gasteiger partial charge in [-0.3, -0.25) is 9.67 Å². The molecule has 0 amide bonds. The van der Waals surface area contributed by atoms with Gasteiger partial charge in [0.25, 0.3) is 0 Å². The van der Waals surface area contributed by atoms with Crippen LogP contribution in [0.1, 0.15) is 57.3 Å². The van der Waals surface area contributed by atoms with Gasteiger partial charge in [0, 0.05) is 31.9 Å². The van der Waals surface area contributed by atoms with Crippen LogP contribution >= 0.6 is 0 Å². The molecule has 0 aliphatic heterocycles. The summed E-state index contributed by atoms with van der Waals surface area (Å²) in [6.07, 6.45) is 6.39. The minimum atomic E-state index is 0.409. The van der Waals surface area contributed by atoms with Crippen LogP contribution in [0.2, 0.25) is 0 Å². The van der Waals surface area contributed by atoms with E-state index in [2.05, 4.69) is 47.3 Å². The van der Waals surface area contributed by atoms with E-state index in [1.165, 1.54) is 31.4 Å². The van der Waals surface area contributed by atoms with E-state index in [0.717, 1.165) is 44.3 Å². The summed E-state index contributed by atoms with van der Waals surface area (Å²) in [5.41, 5.74) is 2.74. The predicted octanol–water partition coefficient (Wildman–Crippen LogP) is 3.03. The minimum absolute atomic E-state index is 0.409. The highest BCUT2D eigenvalue weighted by Gasteiger charge is 2.28. The summed E-state index contributed by atoms with van der Waals surface area (Å²) >= 11 is 0. The van der Waals surface area contributed by atoms with E-state index in [4.69, 9.17) is 4.99 Å². The van der Waals surface area contributed by atoms with Crippen molar-refractivity contribution < 1.29 is 0 Å². The lowest BCUT2D eigenvalue weighted by atomic mass is 9.89. The van der Waals surface area contributed by atoms with Gasteiger partial charge in [0.1, 0.15) is 0 Å². The Kier molecular flexibility index (Phi) is 6.48. The third kappa shape index (κ3) is 5.56. The normalized spacial score (nSPS) is 17.5. The first kappa shape index (κ1) is 17.8. The lowest BCUT2D eigenvalue weighted by molar-refractivity contribution is 0.350. The monoisotopic (exact) mass is 319 g/mol. The van der Waals surface area contributed by atoms with Crippen molar-refractivity contribution in [3.63, 3.8) is 0 Å². The van der Waals surface area contributed by atoms with Crippen molar-refractivity contribution in [1.82, 2.24) is 20.4 Å². The molecule has 5 nitrogen and oxygen atoms in total. The van der Waals surface area contributed by atoms with Crippen LogP contribution in [0.5, 0.6) is 0 Å².